The smallest absolute Gasteiger partial charge is 0.148 e. The van der Waals surface area contributed by atoms with Gasteiger partial charge in [-0.05, 0) is 38.0 Å². The van der Waals surface area contributed by atoms with Gasteiger partial charge in [0.1, 0.15) is 23.3 Å². The van der Waals surface area contributed by atoms with Gasteiger partial charge in [-0.15, -0.1) is 0 Å². The quantitative estimate of drug-likeness (QED) is 0.887. The van der Waals surface area contributed by atoms with Crippen LogP contribution in [-0.4, -0.2) is 17.0 Å². The van der Waals surface area contributed by atoms with Crippen molar-refractivity contribution < 1.29 is 4.39 Å². The Hall–Kier alpha value is -1.88. The third kappa shape index (κ3) is 2.93. The van der Waals surface area contributed by atoms with E-state index in [1.54, 1.807) is 12.1 Å². The maximum atomic E-state index is 13.9. The number of hydrogen-bond donors (Lipinski definition) is 2. The number of anilines is 3. The second-order valence-corrected chi connectivity index (χ2v) is 5.61. The fraction of sp³-hybridized carbons (Fsp3) is 0.333. The number of rotatable bonds is 4. The molecule has 1 heterocycles. The highest BCUT2D eigenvalue weighted by Crippen LogP contribution is 2.40. The van der Waals surface area contributed by atoms with Gasteiger partial charge in [-0.1, -0.05) is 11.6 Å². The van der Waals surface area contributed by atoms with Crippen molar-refractivity contribution in [1.29, 1.82) is 0 Å². The van der Waals surface area contributed by atoms with Gasteiger partial charge in [0.25, 0.3) is 0 Å². The second-order valence-electron chi connectivity index (χ2n) is 5.18. The zero-order valence-corrected chi connectivity index (χ0v) is 12.6. The Balaban J connectivity index is 1.98. The lowest BCUT2D eigenvalue weighted by Gasteiger charge is -2.14. The first kappa shape index (κ1) is 14.1. The van der Waals surface area contributed by atoms with Crippen LogP contribution >= 0.6 is 11.6 Å². The Bertz CT molecular complexity index is 686. The minimum Gasteiger partial charge on any atom is -0.373 e. The largest absolute Gasteiger partial charge is 0.373 e. The first-order valence-electron chi connectivity index (χ1n) is 6.87. The van der Waals surface area contributed by atoms with Gasteiger partial charge in [0.05, 0.1) is 5.69 Å². The van der Waals surface area contributed by atoms with Gasteiger partial charge in [-0.2, -0.15) is 0 Å². The van der Waals surface area contributed by atoms with Crippen molar-refractivity contribution in [3.63, 3.8) is 0 Å². The van der Waals surface area contributed by atoms with Gasteiger partial charge in [0, 0.05) is 23.6 Å². The van der Waals surface area contributed by atoms with Gasteiger partial charge in [0.2, 0.25) is 0 Å². The zero-order valence-electron chi connectivity index (χ0n) is 11.9. The molecule has 21 heavy (non-hydrogen) atoms. The van der Waals surface area contributed by atoms with Crippen LogP contribution in [0.2, 0.25) is 5.02 Å². The number of nitrogens with one attached hydrogen (secondary N) is 2. The average Bonchev–Trinajstić information content (AvgIpc) is 3.28. The van der Waals surface area contributed by atoms with Gasteiger partial charge in [0.15, 0.2) is 0 Å². The van der Waals surface area contributed by atoms with Crippen LogP contribution in [0.5, 0.6) is 0 Å². The zero-order chi connectivity index (χ0) is 15.0. The minimum absolute atomic E-state index is 0.352. The van der Waals surface area contributed by atoms with Crippen molar-refractivity contribution >= 4 is 28.9 Å². The summed E-state index contributed by atoms with van der Waals surface area (Å²) < 4.78 is 13.9. The van der Waals surface area contributed by atoms with Crippen LogP contribution in [-0.2, 0) is 0 Å². The molecular weight excluding hydrogens is 291 g/mol. The summed E-state index contributed by atoms with van der Waals surface area (Å²) in [5, 5.41) is 6.47. The van der Waals surface area contributed by atoms with E-state index in [0.717, 1.165) is 30.0 Å². The highest BCUT2D eigenvalue weighted by atomic mass is 35.5. The van der Waals surface area contributed by atoms with Crippen LogP contribution in [0.15, 0.2) is 18.2 Å². The molecule has 0 amide bonds. The van der Waals surface area contributed by atoms with E-state index in [9.17, 15) is 4.39 Å². The number of nitrogens with zero attached hydrogens (tertiary/aromatic N) is 2. The Morgan fingerprint density at radius 2 is 1.95 bits per heavy atom. The molecule has 0 bridgehead atoms. The molecule has 2 N–H and O–H groups in total. The summed E-state index contributed by atoms with van der Waals surface area (Å²) in [5.74, 6) is 2.22. The lowest BCUT2D eigenvalue weighted by molar-refractivity contribution is 0.632. The molecule has 1 saturated carbocycles. The maximum absolute atomic E-state index is 13.9. The Kier molecular flexibility index (Phi) is 3.68. The van der Waals surface area contributed by atoms with Crippen molar-refractivity contribution in [3.8, 4) is 0 Å². The molecular formula is C15H16ClFN4. The predicted molar refractivity (Wildman–Crippen MR) is 83.0 cm³/mol. The van der Waals surface area contributed by atoms with E-state index >= 15 is 0 Å². The third-order valence-electron chi connectivity index (χ3n) is 3.53. The summed E-state index contributed by atoms with van der Waals surface area (Å²) in [6.07, 6.45) is 2.22. The van der Waals surface area contributed by atoms with Crippen LogP contribution in [0, 0.1) is 12.7 Å². The van der Waals surface area contributed by atoms with Crippen molar-refractivity contribution in [3.05, 3.63) is 40.4 Å². The van der Waals surface area contributed by atoms with E-state index in [1.807, 2.05) is 14.0 Å². The van der Waals surface area contributed by atoms with Gasteiger partial charge >= 0.3 is 0 Å². The molecule has 4 nitrogen and oxygen atoms in total. The van der Waals surface area contributed by atoms with Gasteiger partial charge in [-0.25, -0.2) is 14.4 Å². The number of hydrogen-bond acceptors (Lipinski definition) is 4. The highest BCUT2D eigenvalue weighted by Gasteiger charge is 2.28. The normalized spacial score (nSPS) is 14.1. The number of halogens is 2. The molecule has 2 aromatic rings. The van der Waals surface area contributed by atoms with Gasteiger partial charge in [-0.3, -0.25) is 0 Å². The van der Waals surface area contributed by atoms with Crippen LogP contribution in [0.25, 0.3) is 0 Å². The second kappa shape index (κ2) is 5.48. The van der Waals surface area contributed by atoms with Crippen LogP contribution < -0.4 is 10.6 Å². The molecule has 3 rings (SSSR count). The van der Waals surface area contributed by atoms with Crippen LogP contribution in [0.1, 0.15) is 30.1 Å². The summed E-state index contributed by atoms with van der Waals surface area (Å²) in [6, 6.07) is 4.53. The van der Waals surface area contributed by atoms with E-state index in [1.165, 1.54) is 6.07 Å². The first-order valence-corrected chi connectivity index (χ1v) is 7.24. The minimum atomic E-state index is -0.403. The highest BCUT2D eigenvalue weighted by molar-refractivity contribution is 6.30. The molecule has 6 heteroatoms. The molecule has 1 aliphatic carbocycles. The molecule has 1 fully saturated rings. The molecule has 0 aliphatic heterocycles. The molecule has 110 valence electrons. The Labute approximate surface area is 127 Å². The fourth-order valence-corrected chi connectivity index (χ4v) is 2.30. The molecule has 0 radical (unpaired) electrons. The van der Waals surface area contributed by atoms with Crippen LogP contribution in [0.4, 0.5) is 21.7 Å². The summed E-state index contributed by atoms with van der Waals surface area (Å²) in [5.41, 5.74) is 1.21. The SMILES string of the molecule is CNc1nc(C2CC2)nc(Nc2ccc(Cl)cc2F)c1C. The standard InChI is InChI=1S/C15H16ClFN4/c1-8-13(18-2)20-15(9-3-4-9)21-14(8)19-12-6-5-10(16)7-11(12)17/h5-7,9H,3-4H2,1-2H3,(H2,18,19,20,21). The lowest BCUT2D eigenvalue weighted by Crippen LogP contribution is -2.07. The molecule has 1 aromatic carbocycles. The Morgan fingerprint density at radius 3 is 2.57 bits per heavy atom. The Morgan fingerprint density at radius 1 is 1.24 bits per heavy atom. The summed E-state index contributed by atoms with van der Waals surface area (Å²) in [6.45, 7) is 1.90. The molecule has 1 aliphatic rings. The monoisotopic (exact) mass is 306 g/mol. The lowest BCUT2D eigenvalue weighted by atomic mass is 10.2. The van der Waals surface area contributed by atoms with Crippen molar-refractivity contribution in [2.24, 2.45) is 0 Å². The molecule has 0 atom stereocenters. The number of benzene rings is 1. The average molecular weight is 307 g/mol. The van der Waals surface area contributed by atoms with Crippen molar-refractivity contribution in [2.75, 3.05) is 17.7 Å². The van der Waals surface area contributed by atoms with E-state index in [4.69, 9.17) is 11.6 Å². The number of aromatic nitrogens is 2. The molecule has 0 spiro atoms. The first-order chi connectivity index (χ1) is 10.1. The summed E-state index contributed by atoms with van der Waals surface area (Å²) in [4.78, 5) is 9.05. The molecule has 0 unspecified atom stereocenters. The van der Waals surface area contributed by atoms with Crippen molar-refractivity contribution in [2.45, 2.75) is 25.7 Å². The molecule has 0 saturated heterocycles. The fourth-order valence-electron chi connectivity index (χ4n) is 2.14. The maximum Gasteiger partial charge on any atom is 0.148 e. The van der Waals surface area contributed by atoms with Crippen LogP contribution in [0.3, 0.4) is 0 Å². The van der Waals surface area contributed by atoms with Gasteiger partial charge < -0.3 is 10.6 Å². The van der Waals surface area contributed by atoms with Crippen molar-refractivity contribution in [1.82, 2.24) is 9.97 Å². The topological polar surface area (TPSA) is 49.8 Å². The van der Waals surface area contributed by atoms with E-state index < -0.39 is 5.82 Å². The third-order valence-corrected chi connectivity index (χ3v) is 3.76. The predicted octanol–water partition coefficient (Wildman–Crippen LogP) is 4.24. The summed E-state index contributed by atoms with van der Waals surface area (Å²) in [7, 11) is 1.82. The molecule has 1 aromatic heterocycles. The van der Waals surface area contributed by atoms with E-state index in [0.29, 0.717) is 22.4 Å². The van der Waals surface area contributed by atoms with E-state index in [-0.39, 0.29) is 0 Å². The summed E-state index contributed by atoms with van der Waals surface area (Å²) >= 11 is 5.77. The van der Waals surface area contributed by atoms with E-state index in [2.05, 4.69) is 20.6 Å².